The van der Waals surface area contributed by atoms with Crippen molar-refractivity contribution in [3.05, 3.63) is 29.8 Å². The number of H-pyrrole nitrogens is 1. The van der Waals surface area contributed by atoms with Crippen LogP contribution in [0.4, 0.5) is 4.39 Å². The van der Waals surface area contributed by atoms with E-state index in [-0.39, 0.29) is 5.82 Å². The molecule has 2 aromatic rings. The summed E-state index contributed by atoms with van der Waals surface area (Å²) in [6.07, 6.45) is 3.49. The molecule has 2 heterocycles. The summed E-state index contributed by atoms with van der Waals surface area (Å²) < 4.78 is 13.1. The third-order valence-corrected chi connectivity index (χ3v) is 4.15. The van der Waals surface area contributed by atoms with Crippen LogP contribution in [0.1, 0.15) is 25.6 Å². The molecule has 1 saturated heterocycles. The second-order valence-electron chi connectivity index (χ2n) is 5.63. The van der Waals surface area contributed by atoms with Gasteiger partial charge in [0.1, 0.15) is 11.6 Å². The third kappa shape index (κ3) is 2.78. The highest BCUT2D eigenvalue weighted by Crippen LogP contribution is 2.23. The molecular formula is C15H20FN3. The molecule has 0 radical (unpaired) electrons. The molecule has 3 rings (SSSR count). The summed E-state index contributed by atoms with van der Waals surface area (Å²) in [5.41, 5.74) is 1.65. The number of hydrogen-bond donors (Lipinski definition) is 2. The zero-order valence-corrected chi connectivity index (χ0v) is 11.2. The molecule has 0 bridgehead atoms. The Balaban J connectivity index is 1.73. The van der Waals surface area contributed by atoms with E-state index in [0.717, 1.165) is 42.3 Å². The predicted octanol–water partition coefficient (Wildman–Crippen LogP) is 2.88. The van der Waals surface area contributed by atoms with Crippen molar-refractivity contribution in [2.45, 2.75) is 26.2 Å². The van der Waals surface area contributed by atoms with Gasteiger partial charge in [0.05, 0.1) is 11.0 Å². The molecule has 19 heavy (non-hydrogen) atoms. The lowest BCUT2D eigenvalue weighted by Gasteiger charge is -2.27. The highest BCUT2D eigenvalue weighted by Gasteiger charge is 2.21. The minimum Gasteiger partial charge on any atom is -0.342 e. The van der Waals surface area contributed by atoms with E-state index in [1.54, 1.807) is 6.07 Å². The SMILES string of the molecule is CC(Cc1nc2ccc(F)cc2[nH]1)C1CCCNC1. The maximum absolute atomic E-state index is 13.1. The summed E-state index contributed by atoms with van der Waals surface area (Å²) in [7, 11) is 0. The Bertz CT molecular complexity index is 558. The number of fused-ring (bicyclic) bond motifs is 1. The molecule has 3 nitrogen and oxygen atoms in total. The molecule has 2 unspecified atom stereocenters. The Morgan fingerprint density at radius 2 is 2.37 bits per heavy atom. The zero-order valence-electron chi connectivity index (χ0n) is 11.2. The summed E-state index contributed by atoms with van der Waals surface area (Å²) >= 11 is 0. The summed E-state index contributed by atoms with van der Waals surface area (Å²) in [5, 5.41) is 3.46. The van der Waals surface area contributed by atoms with Crippen LogP contribution < -0.4 is 5.32 Å². The highest BCUT2D eigenvalue weighted by molar-refractivity contribution is 5.74. The van der Waals surface area contributed by atoms with Crippen molar-refractivity contribution in [1.82, 2.24) is 15.3 Å². The maximum Gasteiger partial charge on any atom is 0.125 e. The maximum atomic E-state index is 13.1. The van der Waals surface area contributed by atoms with E-state index in [1.807, 2.05) is 0 Å². The number of aromatic amines is 1. The van der Waals surface area contributed by atoms with Crippen molar-refractivity contribution in [2.24, 2.45) is 11.8 Å². The number of benzene rings is 1. The molecule has 1 aromatic carbocycles. The molecule has 0 saturated carbocycles. The molecule has 1 fully saturated rings. The fourth-order valence-electron chi connectivity index (χ4n) is 2.97. The summed E-state index contributed by atoms with van der Waals surface area (Å²) in [6, 6.07) is 4.71. The van der Waals surface area contributed by atoms with Crippen molar-refractivity contribution in [1.29, 1.82) is 0 Å². The van der Waals surface area contributed by atoms with E-state index in [9.17, 15) is 4.39 Å². The number of aromatic nitrogens is 2. The van der Waals surface area contributed by atoms with Crippen LogP contribution in [0.5, 0.6) is 0 Å². The quantitative estimate of drug-likeness (QED) is 0.892. The molecule has 1 aromatic heterocycles. The lowest BCUT2D eigenvalue weighted by molar-refractivity contribution is 0.276. The van der Waals surface area contributed by atoms with Crippen LogP contribution in [-0.4, -0.2) is 23.1 Å². The van der Waals surface area contributed by atoms with Crippen molar-refractivity contribution in [3.63, 3.8) is 0 Å². The minimum atomic E-state index is -0.216. The van der Waals surface area contributed by atoms with Crippen LogP contribution in [0.15, 0.2) is 18.2 Å². The molecular weight excluding hydrogens is 241 g/mol. The number of imidazole rings is 1. The molecule has 1 aliphatic heterocycles. The van der Waals surface area contributed by atoms with E-state index in [0.29, 0.717) is 5.92 Å². The van der Waals surface area contributed by atoms with Crippen LogP contribution in [0.2, 0.25) is 0 Å². The van der Waals surface area contributed by atoms with Gasteiger partial charge in [-0.1, -0.05) is 6.92 Å². The lowest BCUT2D eigenvalue weighted by atomic mass is 9.85. The molecule has 2 atom stereocenters. The molecule has 102 valence electrons. The fourth-order valence-corrected chi connectivity index (χ4v) is 2.97. The van der Waals surface area contributed by atoms with Gasteiger partial charge in [-0.25, -0.2) is 9.37 Å². The minimum absolute atomic E-state index is 0.216. The average molecular weight is 261 g/mol. The van der Waals surface area contributed by atoms with Crippen LogP contribution in [-0.2, 0) is 6.42 Å². The van der Waals surface area contributed by atoms with Crippen molar-refractivity contribution in [2.75, 3.05) is 13.1 Å². The van der Waals surface area contributed by atoms with Gasteiger partial charge in [-0.15, -0.1) is 0 Å². The molecule has 0 spiro atoms. The van der Waals surface area contributed by atoms with Crippen molar-refractivity contribution in [3.8, 4) is 0 Å². The Morgan fingerprint density at radius 1 is 1.47 bits per heavy atom. The highest BCUT2D eigenvalue weighted by atomic mass is 19.1. The number of halogens is 1. The number of hydrogen-bond acceptors (Lipinski definition) is 2. The molecule has 4 heteroatoms. The third-order valence-electron chi connectivity index (χ3n) is 4.15. The Morgan fingerprint density at radius 3 is 3.16 bits per heavy atom. The second-order valence-corrected chi connectivity index (χ2v) is 5.63. The summed E-state index contributed by atoms with van der Waals surface area (Å²) in [5.74, 6) is 2.07. The van der Waals surface area contributed by atoms with E-state index in [4.69, 9.17) is 0 Å². The summed E-state index contributed by atoms with van der Waals surface area (Å²) in [4.78, 5) is 7.78. The number of nitrogens with zero attached hydrogens (tertiary/aromatic N) is 1. The van der Waals surface area contributed by atoms with Crippen molar-refractivity contribution >= 4 is 11.0 Å². The summed E-state index contributed by atoms with van der Waals surface area (Å²) in [6.45, 7) is 4.54. The first-order valence-corrected chi connectivity index (χ1v) is 7.07. The van der Waals surface area contributed by atoms with Gasteiger partial charge in [-0.2, -0.15) is 0 Å². The van der Waals surface area contributed by atoms with Gasteiger partial charge in [-0.3, -0.25) is 0 Å². The average Bonchev–Trinajstić information content (AvgIpc) is 2.81. The van der Waals surface area contributed by atoms with Crippen LogP contribution in [0.3, 0.4) is 0 Å². The molecule has 0 amide bonds. The standard InChI is InChI=1S/C15H20FN3/c1-10(11-3-2-6-17-9-11)7-15-18-13-5-4-12(16)8-14(13)19-15/h4-5,8,10-11,17H,2-3,6-7,9H2,1H3,(H,18,19). The Labute approximate surface area is 112 Å². The van der Waals surface area contributed by atoms with Gasteiger partial charge in [0, 0.05) is 6.42 Å². The van der Waals surface area contributed by atoms with E-state index >= 15 is 0 Å². The number of piperidine rings is 1. The molecule has 1 aliphatic rings. The van der Waals surface area contributed by atoms with Gasteiger partial charge in [0.25, 0.3) is 0 Å². The van der Waals surface area contributed by atoms with Gasteiger partial charge >= 0.3 is 0 Å². The van der Waals surface area contributed by atoms with Gasteiger partial charge in [0.2, 0.25) is 0 Å². The largest absolute Gasteiger partial charge is 0.342 e. The smallest absolute Gasteiger partial charge is 0.125 e. The van der Waals surface area contributed by atoms with Gasteiger partial charge < -0.3 is 10.3 Å². The fraction of sp³-hybridized carbons (Fsp3) is 0.533. The molecule has 0 aliphatic carbocycles. The first-order chi connectivity index (χ1) is 9.22. The predicted molar refractivity (Wildman–Crippen MR) is 74.5 cm³/mol. The van der Waals surface area contributed by atoms with Gasteiger partial charge in [-0.05, 0) is 56.0 Å². The van der Waals surface area contributed by atoms with Gasteiger partial charge in [0.15, 0.2) is 0 Å². The first kappa shape index (κ1) is 12.6. The van der Waals surface area contributed by atoms with Crippen LogP contribution in [0.25, 0.3) is 11.0 Å². The second kappa shape index (κ2) is 5.29. The first-order valence-electron chi connectivity index (χ1n) is 7.07. The molecule has 2 N–H and O–H groups in total. The van der Waals surface area contributed by atoms with Crippen LogP contribution >= 0.6 is 0 Å². The zero-order chi connectivity index (χ0) is 13.2. The monoisotopic (exact) mass is 261 g/mol. The number of rotatable bonds is 3. The van der Waals surface area contributed by atoms with Crippen molar-refractivity contribution < 1.29 is 4.39 Å². The number of nitrogens with one attached hydrogen (secondary N) is 2. The van der Waals surface area contributed by atoms with E-state index < -0.39 is 0 Å². The van der Waals surface area contributed by atoms with Crippen LogP contribution in [0, 0.1) is 17.7 Å². The van der Waals surface area contributed by atoms with E-state index in [1.165, 1.54) is 25.0 Å². The normalized spacial score (nSPS) is 21.7. The van der Waals surface area contributed by atoms with E-state index in [2.05, 4.69) is 22.2 Å². The lowest BCUT2D eigenvalue weighted by Crippen LogP contribution is -2.34. The Hall–Kier alpha value is -1.42. The Kier molecular flexibility index (Phi) is 3.51. The topological polar surface area (TPSA) is 40.7 Å².